The first kappa shape index (κ1) is 15.7. The molecule has 0 radical (unpaired) electrons. The van der Waals surface area contributed by atoms with Crippen LogP contribution in [0.25, 0.3) is 0 Å². The summed E-state index contributed by atoms with van der Waals surface area (Å²) in [6, 6.07) is 7.07. The zero-order chi connectivity index (χ0) is 14.7. The van der Waals surface area contributed by atoms with Gasteiger partial charge in [0.1, 0.15) is 5.78 Å². The minimum absolute atomic E-state index is 0.0500. The molecule has 4 nitrogen and oxygen atoms in total. The average Bonchev–Trinajstić information content (AvgIpc) is 2.25. The molecule has 0 aromatic heterocycles. The molecular weight excluding hydrogens is 262 g/mol. The van der Waals surface area contributed by atoms with Gasteiger partial charge in [0.05, 0.1) is 10.5 Å². The lowest BCUT2D eigenvalue weighted by atomic mass is 10.1. The predicted octanol–water partition coefficient (Wildman–Crippen LogP) is 1.98. The van der Waals surface area contributed by atoms with Crippen molar-refractivity contribution in [2.45, 2.75) is 38.4 Å². The van der Waals surface area contributed by atoms with E-state index in [1.807, 2.05) is 6.07 Å². The monoisotopic (exact) mass is 283 g/mol. The van der Waals surface area contributed by atoms with Crippen molar-refractivity contribution in [1.82, 2.24) is 0 Å². The maximum atomic E-state index is 11.9. The van der Waals surface area contributed by atoms with E-state index in [0.29, 0.717) is 5.69 Å². The number of carbonyl (C=O) groups is 1. The van der Waals surface area contributed by atoms with E-state index in [0.717, 1.165) is 5.56 Å². The minimum atomic E-state index is -3.24. The molecule has 2 N–H and O–H groups in total. The number of Topliss-reactive ketones (excluding diaryl/α,β-unsaturated/α-hetero) is 1. The minimum Gasteiger partial charge on any atom is -0.399 e. The number of nitrogen functional groups attached to an aromatic ring is 1. The van der Waals surface area contributed by atoms with Crippen molar-refractivity contribution in [2.24, 2.45) is 0 Å². The molecule has 1 aromatic carbocycles. The third-order valence-electron chi connectivity index (χ3n) is 2.93. The number of rotatable bonds is 5. The number of ketones is 1. The van der Waals surface area contributed by atoms with Crippen LogP contribution in [0, 0.1) is 0 Å². The molecule has 0 unspecified atom stereocenters. The Kier molecular flexibility index (Phi) is 4.74. The molecule has 0 fully saturated rings. The van der Waals surface area contributed by atoms with Crippen molar-refractivity contribution in [1.29, 1.82) is 0 Å². The molecular formula is C14H21NO3S. The summed E-state index contributed by atoms with van der Waals surface area (Å²) in [5, 5.41) is 0. The van der Waals surface area contributed by atoms with Gasteiger partial charge in [0.15, 0.2) is 9.84 Å². The van der Waals surface area contributed by atoms with E-state index in [-0.39, 0.29) is 24.4 Å². The van der Waals surface area contributed by atoms with Gasteiger partial charge in [-0.25, -0.2) is 8.42 Å². The third kappa shape index (κ3) is 4.67. The van der Waals surface area contributed by atoms with Gasteiger partial charge >= 0.3 is 0 Å². The van der Waals surface area contributed by atoms with Gasteiger partial charge in [-0.1, -0.05) is 12.1 Å². The summed E-state index contributed by atoms with van der Waals surface area (Å²) < 4.78 is 23.0. The van der Waals surface area contributed by atoms with Gasteiger partial charge in [0.2, 0.25) is 0 Å². The Morgan fingerprint density at radius 3 is 2.42 bits per heavy atom. The quantitative estimate of drug-likeness (QED) is 0.838. The van der Waals surface area contributed by atoms with Crippen molar-refractivity contribution in [3.8, 4) is 0 Å². The lowest BCUT2D eigenvalue weighted by Gasteiger charge is -2.18. The van der Waals surface area contributed by atoms with Gasteiger partial charge < -0.3 is 5.73 Å². The summed E-state index contributed by atoms with van der Waals surface area (Å²) in [6.45, 7) is 4.93. The first-order valence-corrected chi connectivity index (χ1v) is 7.85. The van der Waals surface area contributed by atoms with E-state index >= 15 is 0 Å². The Hall–Kier alpha value is -1.36. The number of anilines is 1. The Labute approximate surface area is 114 Å². The van der Waals surface area contributed by atoms with Gasteiger partial charge in [0, 0.05) is 18.5 Å². The molecule has 5 heteroatoms. The molecule has 0 saturated heterocycles. The van der Waals surface area contributed by atoms with Gasteiger partial charge in [-0.05, 0) is 38.5 Å². The van der Waals surface area contributed by atoms with Crippen LogP contribution >= 0.6 is 0 Å². The van der Waals surface area contributed by atoms with Crippen LogP contribution in [0.3, 0.4) is 0 Å². The van der Waals surface area contributed by atoms with E-state index < -0.39 is 14.6 Å². The Morgan fingerprint density at radius 2 is 1.89 bits per heavy atom. The fourth-order valence-corrected chi connectivity index (χ4v) is 2.68. The summed E-state index contributed by atoms with van der Waals surface area (Å²) in [5.74, 6) is -0.184. The van der Waals surface area contributed by atoms with Crippen molar-refractivity contribution in [3.63, 3.8) is 0 Å². The Balaban J connectivity index is 2.59. The number of hydrogen-bond donors (Lipinski definition) is 1. The lowest BCUT2D eigenvalue weighted by molar-refractivity contribution is -0.118. The summed E-state index contributed by atoms with van der Waals surface area (Å²) in [7, 11) is -3.24. The molecule has 0 amide bonds. The SMILES string of the molecule is CC(C)(C)S(=O)(=O)CCC(=O)Cc1cccc(N)c1. The smallest absolute Gasteiger partial charge is 0.155 e. The van der Waals surface area contributed by atoms with Crippen LogP contribution in [0.4, 0.5) is 5.69 Å². The highest BCUT2D eigenvalue weighted by molar-refractivity contribution is 7.92. The van der Waals surface area contributed by atoms with Crippen LogP contribution in [0.1, 0.15) is 32.8 Å². The first-order chi connectivity index (χ1) is 8.62. The van der Waals surface area contributed by atoms with E-state index in [4.69, 9.17) is 5.73 Å². The second-order valence-electron chi connectivity index (χ2n) is 5.64. The molecule has 19 heavy (non-hydrogen) atoms. The van der Waals surface area contributed by atoms with E-state index in [1.165, 1.54) is 0 Å². The zero-order valence-electron chi connectivity index (χ0n) is 11.6. The second kappa shape index (κ2) is 5.74. The Morgan fingerprint density at radius 1 is 1.26 bits per heavy atom. The normalized spacial score (nSPS) is 12.4. The van der Waals surface area contributed by atoms with Crippen molar-refractivity contribution in [3.05, 3.63) is 29.8 Å². The zero-order valence-corrected chi connectivity index (χ0v) is 12.5. The van der Waals surface area contributed by atoms with Crippen LogP contribution in [-0.2, 0) is 21.1 Å². The summed E-state index contributed by atoms with van der Waals surface area (Å²) >= 11 is 0. The lowest BCUT2D eigenvalue weighted by Crippen LogP contribution is -2.31. The van der Waals surface area contributed by atoms with Crippen molar-refractivity contribution in [2.75, 3.05) is 11.5 Å². The predicted molar refractivity (Wildman–Crippen MR) is 77.7 cm³/mol. The number of sulfone groups is 1. The maximum Gasteiger partial charge on any atom is 0.155 e. The van der Waals surface area contributed by atoms with Crippen LogP contribution in [0.2, 0.25) is 0 Å². The second-order valence-corrected chi connectivity index (χ2v) is 8.50. The fourth-order valence-electron chi connectivity index (χ4n) is 1.57. The molecule has 0 aliphatic heterocycles. The van der Waals surface area contributed by atoms with Gasteiger partial charge in [-0.2, -0.15) is 0 Å². The molecule has 1 aromatic rings. The Bertz CT molecular complexity index is 556. The standard InChI is InChI=1S/C14H21NO3S/c1-14(2,3)19(17,18)8-7-13(16)10-11-5-4-6-12(15)9-11/h4-6,9H,7-8,10,15H2,1-3H3. The number of carbonyl (C=O) groups excluding carboxylic acids is 1. The first-order valence-electron chi connectivity index (χ1n) is 6.20. The van der Waals surface area contributed by atoms with E-state index in [2.05, 4.69) is 0 Å². The highest BCUT2D eigenvalue weighted by Crippen LogP contribution is 2.17. The third-order valence-corrected chi connectivity index (χ3v) is 5.54. The summed E-state index contributed by atoms with van der Waals surface area (Å²) in [6.07, 6.45) is 0.277. The molecule has 0 spiro atoms. The van der Waals surface area contributed by atoms with Crippen LogP contribution in [0.5, 0.6) is 0 Å². The molecule has 0 saturated carbocycles. The topological polar surface area (TPSA) is 77.2 Å². The van der Waals surface area contributed by atoms with E-state index in [1.54, 1.807) is 39.0 Å². The van der Waals surface area contributed by atoms with Gasteiger partial charge in [-0.15, -0.1) is 0 Å². The summed E-state index contributed by atoms with van der Waals surface area (Å²) in [5.41, 5.74) is 7.05. The number of nitrogens with two attached hydrogens (primary N) is 1. The van der Waals surface area contributed by atoms with Crippen molar-refractivity contribution >= 4 is 21.3 Å². The number of benzene rings is 1. The molecule has 0 heterocycles. The molecule has 0 bridgehead atoms. The fraction of sp³-hybridized carbons (Fsp3) is 0.500. The number of hydrogen-bond acceptors (Lipinski definition) is 4. The van der Waals surface area contributed by atoms with Crippen LogP contribution in [-0.4, -0.2) is 24.7 Å². The van der Waals surface area contributed by atoms with Crippen LogP contribution < -0.4 is 5.73 Å². The molecule has 0 aliphatic rings. The highest BCUT2D eigenvalue weighted by Gasteiger charge is 2.29. The molecule has 0 aliphatic carbocycles. The average molecular weight is 283 g/mol. The molecule has 1 rings (SSSR count). The van der Waals surface area contributed by atoms with Gasteiger partial charge in [-0.3, -0.25) is 4.79 Å². The largest absolute Gasteiger partial charge is 0.399 e. The summed E-state index contributed by atoms with van der Waals surface area (Å²) in [4.78, 5) is 11.8. The van der Waals surface area contributed by atoms with E-state index in [9.17, 15) is 13.2 Å². The van der Waals surface area contributed by atoms with Crippen molar-refractivity contribution < 1.29 is 13.2 Å². The molecule has 0 atom stereocenters. The van der Waals surface area contributed by atoms with Crippen LogP contribution in [0.15, 0.2) is 24.3 Å². The highest BCUT2D eigenvalue weighted by atomic mass is 32.2. The van der Waals surface area contributed by atoms with Gasteiger partial charge in [0.25, 0.3) is 0 Å². The molecule has 106 valence electrons. The maximum absolute atomic E-state index is 11.9.